The van der Waals surface area contributed by atoms with Gasteiger partial charge in [-0.3, -0.25) is 5.10 Å². The van der Waals surface area contributed by atoms with Gasteiger partial charge in [0.2, 0.25) is 0 Å². The summed E-state index contributed by atoms with van der Waals surface area (Å²) in [5.74, 6) is -1.00. The Hall–Kier alpha value is -1.66. The van der Waals surface area contributed by atoms with Crippen molar-refractivity contribution in [2.24, 2.45) is 0 Å². The lowest BCUT2D eigenvalue weighted by molar-refractivity contribution is 0.0689. The molecule has 0 aliphatic carbocycles. The molecule has 0 bridgehead atoms. The van der Waals surface area contributed by atoms with Crippen LogP contribution in [0, 0.1) is 0 Å². The van der Waals surface area contributed by atoms with Gasteiger partial charge < -0.3 is 15.2 Å². The number of carboxylic acid groups (broad SMARTS) is 1. The molecule has 0 amide bonds. The summed E-state index contributed by atoms with van der Waals surface area (Å²) in [5, 5.41) is 18.0. The molecule has 1 aromatic heterocycles. The van der Waals surface area contributed by atoms with Crippen LogP contribution in [0.25, 0.3) is 0 Å². The first-order valence-electron chi connectivity index (χ1n) is 5.29. The Morgan fingerprint density at radius 3 is 3.12 bits per heavy atom. The molecule has 0 radical (unpaired) electrons. The van der Waals surface area contributed by atoms with Crippen LogP contribution in [0.1, 0.15) is 23.0 Å². The molecule has 1 heterocycles. The number of hydrogen-bond donors (Lipinski definition) is 3. The van der Waals surface area contributed by atoms with Gasteiger partial charge in [-0.25, -0.2) is 4.79 Å². The number of nitrogens with zero attached hydrogens (tertiary/aromatic N) is 1. The molecule has 0 spiro atoms. The van der Waals surface area contributed by atoms with E-state index in [9.17, 15) is 4.79 Å². The lowest BCUT2D eigenvalue weighted by atomic mass is 10.2. The highest BCUT2D eigenvalue weighted by Gasteiger charge is 2.11. The molecule has 0 saturated carbocycles. The van der Waals surface area contributed by atoms with Gasteiger partial charge in [-0.1, -0.05) is 12.2 Å². The van der Waals surface area contributed by atoms with Crippen LogP contribution in [0.3, 0.4) is 0 Å². The van der Waals surface area contributed by atoms with E-state index in [-0.39, 0.29) is 5.69 Å². The van der Waals surface area contributed by atoms with Gasteiger partial charge >= 0.3 is 5.97 Å². The van der Waals surface area contributed by atoms with Crippen LogP contribution < -0.4 is 5.32 Å². The number of H-pyrrole nitrogens is 1. The lowest BCUT2D eigenvalue weighted by Gasteiger charge is -2.05. The fourth-order valence-electron chi connectivity index (χ4n) is 1.24. The fraction of sp³-hybridized carbons (Fsp3) is 0.455. The monoisotopic (exact) mass is 239 g/mol. The number of aromatic amines is 1. The highest BCUT2D eigenvalue weighted by molar-refractivity contribution is 5.86. The van der Waals surface area contributed by atoms with E-state index < -0.39 is 5.97 Å². The van der Waals surface area contributed by atoms with E-state index in [4.69, 9.17) is 9.84 Å². The van der Waals surface area contributed by atoms with Gasteiger partial charge in [-0.15, -0.1) is 0 Å². The summed E-state index contributed by atoms with van der Waals surface area (Å²) in [5.41, 5.74) is 1.74. The molecule has 0 saturated heterocycles. The zero-order valence-electron chi connectivity index (χ0n) is 9.82. The Kier molecular flexibility index (Phi) is 5.38. The van der Waals surface area contributed by atoms with Crippen LogP contribution in [0.4, 0.5) is 0 Å². The van der Waals surface area contributed by atoms with Crippen LogP contribution in [-0.2, 0) is 11.3 Å². The van der Waals surface area contributed by atoms with Gasteiger partial charge in [0.25, 0.3) is 0 Å². The Bertz CT molecular complexity index is 387. The van der Waals surface area contributed by atoms with Crippen molar-refractivity contribution in [1.82, 2.24) is 15.5 Å². The van der Waals surface area contributed by atoms with Crippen molar-refractivity contribution in [1.29, 1.82) is 0 Å². The molecular weight excluding hydrogens is 222 g/mol. The maximum absolute atomic E-state index is 10.8. The molecule has 0 aromatic carbocycles. The van der Waals surface area contributed by atoms with Crippen LogP contribution in [0.5, 0.6) is 0 Å². The molecule has 6 nitrogen and oxygen atoms in total. The van der Waals surface area contributed by atoms with Crippen molar-refractivity contribution in [3.05, 3.63) is 29.6 Å². The van der Waals surface area contributed by atoms with Gasteiger partial charge in [-0.05, 0) is 6.92 Å². The average molecular weight is 239 g/mol. The van der Waals surface area contributed by atoms with Crippen molar-refractivity contribution in [3.63, 3.8) is 0 Å². The zero-order chi connectivity index (χ0) is 12.7. The van der Waals surface area contributed by atoms with Crippen LogP contribution in [0.2, 0.25) is 0 Å². The summed E-state index contributed by atoms with van der Waals surface area (Å²) < 4.78 is 5.29. The Balaban J connectivity index is 2.20. The number of ether oxygens (including phenoxy) is 1. The summed E-state index contributed by atoms with van der Waals surface area (Å²) in [6.45, 7) is 7.84. The van der Waals surface area contributed by atoms with Crippen LogP contribution in [0.15, 0.2) is 18.3 Å². The minimum Gasteiger partial charge on any atom is -0.477 e. The number of carbonyl (C=O) groups is 1. The van der Waals surface area contributed by atoms with E-state index in [1.54, 1.807) is 0 Å². The quantitative estimate of drug-likeness (QED) is 0.461. The molecule has 0 atom stereocenters. The fourth-order valence-corrected chi connectivity index (χ4v) is 1.24. The van der Waals surface area contributed by atoms with E-state index >= 15 is 0 Å². The van der Waals surface area contributed by atoms with Crippen molar-refractivity contribution >= 4 is 5.97 Å². The van der Waals surface area contributed by atoms with Gasteiger partial charge in [0.05, 0.1) is 19.4 Å². The molecule has 1 rings (SSSR count). The number of hydrogen-bond acceptors (Lipinski definition) is 4. The normalized spacial score (nSPS) is 10.4. The summed E-state index contributed by atoms with van der Waals surface area (Å²) in [7, 11) is 0. The number of aromatic nitrogens is 2. The molecule has 0 aliphatic rings. The topological polar surface area (TPSA) is 87.2 Å². The Morgan fingerprint density at radius 2 is 2.47 bits per heavy atom. The second kappa shape index (κ2) is 6.82. The summed E-state index contributed by atoms with van der Waals surface area (Å²) >= 11 is 0. The maximum atomic E-state index is 10.8. The number of rotatable bonds is 8. The largest absolute Gasteiger partial charge is 0.477 e. The van der Waals surface area contributed by atoms with Crippen molar-refractivity contribution in [2.45, 2.75) is 13.5 Å². The predicted octanol–water partition coefficient (Wildman–Crippen LogP) is 0.790. The van der Waals surface area contributed by atoms with E-state index in [0.717, 1.165) is 5.57 Å². The van der Waals surface area contributed by atoms with Crippen LogP contribution >= 0.6 is 0 Å². The highest BCUT2D eigenvalue weighted by Crippen LogP contribution is 2.03. The molecule has 0 aliphatic heterocycles. The molecular formula is C11H17N3O3. The first-order valence-corrected chi connectivity index (χ1v) is 5.29. The third-order valence-corrected chi connectivity index (χ3v) is 2.02. The maximum Gasteiger partial charge on any atom is 0.354 e. The molecule has 0 unspecified atom stereocenters. The SMILES string of the molecule is C=C(C)COCCNCc1cn[nH]c1C(=O)O. The lowest BCUT2D eigenvalue weighted by Crippen LogP contribution is -2.20. The van der Waals surface area contributed by atoms with E-state index in [1.165, 1.54) is 6.20 Å². The van der Waals surface area contributed by atoms with Gasteiger partial charge in [0.15, 0.2) is 0 Å². The summed E-state index contributed by atoms with van der Waals surface area (Å²) in [6, 6.07) is 0. The summed E-state index contributed by atoms with van der Waals surface area (Å²) in [6.07, 6.45) is 1.51. The minimum absolute atomic E-state index is 0.125. The molecule has 94 valence electrons. The molecule has 3 N–H and O–H groups in total. The van der Waals surface area contributed by atoms with Gasteiger partial charge in [0, 0.05) is 18.7 Å². The number of aromatic carboxylic acids is 1. The number of carboxylic acids is 1. The standard InChI is InChI=1S/C11H17N3O3/c1-8(2)7-17-4-3-12-5-9-6-13-14-10(9)11(15)16/h6,12H,1,3-5,7H2,2H3,(H,13,14)(H,15,16). The molecule has 17 heavy (non-hydrogen) atoms. The third kappa shape index (κ3) is 4.80. The third-order valence-electron chi connectivity index (χ3n) is 2.02. The highest BCUT2D eigenvalue weighted by atomic mass is 16.5. The summed E-state index contributed by atoms with van der Waals surface area (Å²) in [4.78, 5) is 10.8. The zero-order valence-corrected chi connectivity index (χ0v) is 9.82. The van der Waals surface area contributed by atoms with Crippen LogP contribution in [-0.4, -0.2) is 41.0 Å². The first kappa shape index (κ1) is 13.4. The van der Waals surface area contributed by atoms with Crippen molar-refractivity contribution in [2.75, 3.05) is 19.8 Å². The van der Waals surface area contributed by atoms with E-state index in [2.05, 4.69) is 22.1 Å². The van der Waals surface area contributed by atoms with Gasteiger partial charge in [-0.2, -0.15) is 5.10 Å². The Morgan fingerprint density at radius 1 is 1.71 bits per heavy atom. The Labute approximate surface area is 99.7 Å². The number of nitrogens with one attached hydrogen (secondary N) is 2. The molecule has 0 fully saturated rings. The van der Waals surface area contributed by atoms with Crippen molar-refractivity contribution < 1.29 is 14.6 Å². The smallest absolute Gasteiger partial charge is 0.354 e. The predicted molar refractivity (Wildman–Crippen MR) is 62.9 cm³/mol. The molecule has 1 aromatic rings. The van der Waals surface area contributed by atoms with Gasteiger partial charge in [0.1, 0.15) is 5.69 Å². The second-order valence-electron chi connectivity index (χ2n) is 3.76. The minimum atomic E-state index is -1.00. The van der Waals surface area contributed by atoms with E-state index in [0.29, 0.717) is 31.9 Å². The van der Waals surface area contributed by atoms with E-state index in [1.807, 2.05) is 6.92 Å². The second-order valence-corrected chi connectivity index (χ2v) is 3.76. The van der Waals surface area contributed by atoms with Crippen molar-refractivity contribution in [3.8, 4) is 0 Å². The molecule has 6 heteroatoms. The first-order chi connectivity index (χ1) is 8.11. The average Bonchev–Trinajstić information content (AvgIpc) is 2.71.